The summed E-state index contributed by atoms with van der Waals surface area (Å²) in [6.07, 6.45) is 0.860. The van der Waals surface area contributed by atoms with Gasteiger partial charge in [-0.15, -0.1) is 0 Å². The second-order valence-electron chi connectivity index (χ2n) is 4.71. The maximum Gasteiger partial charge on any atom is 0.325 e. The lowest BCUT2D eigenvalue weighted by Gasteiger charge is -2.23. The van der Waals surface area contributed by atoms with Gasteiger partial charge in [-0.25, -0.2) is 5.01 Å². The molecule has 2 rings (SSSR count). The van der Waals surface area contributed by atoms with E-state index in [1.165, 1.54) is 0 Å². The summed E-state index contributed by atoms with van der Waals surface area (Å²) in [5.41, 5.74) is 3.96. The zero-order valence-electron chi connectivity index (χ0n) is 11.0. The first-order valence-corrected chi connectivity index (χ1v) is 6.14. The number of aliphatic carboxylic acids is 1. The summed E-state index contributed by atoms with van der Waals surface area (Å²) in [5, 5.41) is 14.0. The van der Waals surface area contributed by atoms with Gasteiger partial charge in [-0.05, 0) is 25.5 Å². The van der Waals surface area contributed by atoms with Crippen molar-refractivity contribution < 1.29 is 14.7 Å². The molecule has 100 valence electrons. The number of amides is 1. The molecule has 1 aliphatic heterocycles. The van der Waals surface area contributed by atoms with E-state index in [0.717, 1.165) is 27.4 Å². The highest BCUT2D eigenvalue weighted by Crippen LogP contribution is 2.19. The fraction of sp³-hybridized carbons (Fsp3) is 0.357. The van der Waals surface area contributed by atoms with Gasteiger partial charge in [-0.2, -0.15) is 5.10 Å². The molecule has 1 aliphatic rings. The van der Waals surface area contributed by atoms with Crippen molar-refractivity contribution in [3.63, 3.8) is 0 Å². The van der Waals surface area contributed by atoms with E-state index in [2.05, 4.69) is 5.10 Å². The average Bonchev–Trinajstić information content (AvgIpc) is 2.34. The van der Waals surface area contributed by atoms with Crippen LogP contribution in [0.5, 0.6) is 0 Å². The number of carbonyl (C=O) groups is 2. The van der Waals surface area contributed by atoms with E-state index in [1.54, 1.807) is 0 Å². The zero-order valence-corrected chi connectivity index (χ0v) is 11.0. The summed E-state index contributed by atoms with van der Waals surface area (Å²) in [5.74, 6) is -1.30. The Morgan fingerprint density at radius 1 is 1.37 bits per heavy atom. The van der Waals surface area contributed by atoms with Crippen LogP contribution in [0.3, 0.4) is 0 Å². The molecule has 0 aliphatic carbocycles. The molecule has 0 saturated carbocycles. The number of hydrogen-bond acceptors (Lipinski definition) is 3. The molecule has 0 aromatic heterocycles. The molecule has 0 radical (unpaired) electrons. The number of carbonyl (C=O) groups excluding carboxylic acids is 1. The predicted molar refractivity (Wildman–Crippen MR) is 71.0 cm³/mol. The Morgan fingerprint density at radius 2 is 2.11 bits per heavy atom. The third-order valence-electron chi connectivity index (χ3n) is 3.09. The number of carboxylic acids is 1. The lowest BCUT2D eigenvalue weighted by molar-refractivity contribution is -0.144. The first kappa shape index (κ1) is 13.3. The van der Waals surface area contributed by atoms with Crippen molar-refractivity contribution in [1.29, 1.82) is 0 Å². The van der Waals surface area contributed by atoms with Crippen molar-refractivity contribution in [2.24, 2.45) is 5.10 Å². The molecule has 19 heavy (non-hydrogen) atoms. The van der Waals surface area contributed by atoms with E-state index in [0.29, 0.717) is 12.8 Å². The van der Waals surface area contributed by atoms with Crippen LogP contribution in [0.2, 0.25) is 0 Å². The van der Waals surface area contributed by atoms with E-state index in [-0.39, 0.29) is 12.5 Å². The molecule has 5 heteroatoms. The maximum absolute atomic E-state index is 11.6. The Hall–Kier alpha value is -2.17. The molecule has 1 aromatic rings. The Morgan fingerprint density at radius 3 is 2.79 bits per heavy atom. The number of nitrogens with zero attached hydrogens (tertiary/aromatic N) is 2. The minimum Gasteiger partial charge on any atom is -0.480 e. The van der Waals surface area contributed by atoms with E-state index >= 15 is 0 Å². The first-order chi connectivity index (χ1) is 8.97. The smallest absolute Gasteiger partial charge is 0.325 e. The summed E-state index contributed by atoms with van der Waals surface area (Å²) in [7, 11) is 0. The van der Waals surface area contributed by atoms with Crippen LogP contribution in [0.15, 0.2) is 23.3 Å². The molecule has 1 heterocycles. The number of aryl methyl sites for hydroxylation is 2. The largest absolute Gasteiger partial charge is 0.480 e. The number of hydrazone groups is 1. The normalized spacial score (nSPS) is 15.4. The molecule has 5 nitrogen and oxygen atoms in total. The Kier molecular flexibility index (Phi) is 3.64. The van der Waals surface area contributed by atoms with Crippen LogP contribution in [-0.4, -0.2) is 34.2 Å². The van der Waals surface area contributed by atoms with Gasteiger partial charge in [0.1, 0.15) is 6.54 Å². The van der Waals surface area contributed by atoms with E-state index in [4.69, 9.17) is 5.11 Å². The Bertz CT molecular complexity index is 564. The minimum absolute atomic E-state index is 0.239. The van der Waals surface area contributed by atoms with Crippen LogP contribution >= 0.6 is 0 Å². The second-order valence-corrected chi connectivity index (χ2v) is 4.71. The van der Waals surface area contributed by atoms with Gasteiger partial charge in [-0.3, -0.25) is 9.59 Å². The highest BCUT2D eigenvalue weighted by molar-refractivity contribution is 6.05. The highest BCUT2D eigenvalue weighted by Gasteiger charge is 2.23. The minimum atomic E-state index is -1.06. The topological polar surface area (TPSA) is 70.0 Å². The summed E-state index contributed by atoms with van der Waals surface area (Å²) >= 11 is 0. The van der Waals surface area contributed by atoms with Gasteiger partial charge < -0.3 is 5.11 Å². The van der Waals surface area contributed by atoms with Gasteiger partial charge in [0.15, 0.2) is 0 Å². The molecule has 0 bridgehead atoms. The van der Waals surface area contributed by atoms with Crippen molar-refractivity contribution in [2.75, 3.05) is 6.54 Å². The molecule has 0 spiro atoms. The molecule has 0 atom stereocenters. The van der Waals surface area contributed by atoms with Gasteiger partial charge in [0.05, 0.1) is 5.71 Å². The monoisotopic (exact) mass is 260 g/mol. The van der Waals surface area contributed by atoms with Crippen molar-refractivity contribution in [3.8, 4) is 0 Å². The quantitative estimate of drug-likeness (QED) is 0.899. The van der Waals surface area contributed by atoms with Gasteiger partial charge in [-0.1, -0.05) is 17.7 Å². The predicted octanol–water partition coefficient (Wildman–Crippen LogP) is 1.71. The summed E-state index contributed by atoms with van der Waals surface area (Å²) < 4.78 is 0. The summed E-state index contributed by atoms with van der Waals surface area (Å²) in [4.78, 5) is 22.3. The average molecular weight is 260 g/mol. The zero-order chi connectivity index (χ0) is 14.0. The number of carboxylic acid groups (broad SMARTS) is 1. The van der Waals surface area contributed by atoms with E-state index in [1.807, 2.05) is 32.0 Å². The fourth-order valence-electron chi connectivity index (χ4n) is 2.09. The third-order valence-corrected chi connectivity index (χ3v) is 3.09. The lowest BCUT2D eigenvalue weighted by Crippen LogP contribution is -2.35. The van der Waals surface area contributed by atoms with Crippen LogP contribution in [0.1, 0.15) is 29.5 Å². The molecule has 0 unspecified atom stereocenters. The second kappa shape index (κ2) is 5.22. The van der Waals surface area contributed by atoms with Crippen LogP contribution in [0.25, 0.3) is 0 Å². The van der Waals surface area contributed by atoms with Crippen LogP contribution in [-0.2, 0) is 9.59 Å². The lowest BCUT2D eigenvalue weighted by atomic mass is 9.98. The number of rotatable bonds is 3. The number of benzene rings is 1. The molecule has 1 amide bonds. The van der Waals surface area contributed by atoms with Crippen LogP contribution < -0.4 is 0 Å². The van der Waals surface area contributed by atoms with E-state index < -0.39 is 5.97 Å². The van der Waals surface area contributed by atoms with Crippen molar-refractivity contribution in [2.45, 2.75) is 26.7 Å². The Balaban J connectivity index is 2.36. The molecule has 0 fully saturated rings. The third kappa shape index (κ3) is 2.99. The van der Waals surface area contributed by atoms with Crippen molar-refractivity contribution in [3.05, 3.63) is 34.9 Å². The van der Waals surface area contributed by atoms with Crippen LogP contribution in [0.4, 0.5) is 0 Å². The van der Waals surface area contributed by atoms with Crippen LogP contribution in [0, 0.1) is 13.8 Å². The summed E-state index contributed by atoms with van der Waals surface area (Å²) in [6.45, 7) is 3.59. The van der Waals surface area contributed by atoms with Crippen molar-refractivity contribution in [1.82, 2.24) is 5.01 Å². The fourth-order valence-corrected chi connectivity index (χ4v) is 2.09. The standard InChI is InChI=1S/C14H16N2O3/c1-9-3-4-10(2)11(7-9)12-5-6-13(17)16(15-12)8-14(18)19/h3-4,7H,5-6,8H2,1-2H3,(H,18,19). The van der Waals surface area contributed by atoms with Gasteiger partial charge in [0.2, 0.25) is 5.91 Å². The van der Waals surface area contributed by atoms with E-state index in [9.17, 15) is 9.59 Å². The summed E-state index contributed by atoms with van der Waals surface area (Å²) in [6, 6.07) is 6.04. The van der Waals surface area contributed by atoms with Gasteiger partial charge >= 0.3 is 5.97 Å². The molecular weight excluding hydrogens is 244 g/mol. The molecule has 1 N–H and O–H groups in total. The Labute approximate surface area is 111 Å². The highest BCUT2D eigenvalue weighted by atomic mass is 16.4. The maximum atomic E-state index is 11.6. The molecular formula is C14H16N2O3. The SMILES string of the molecule is Cc1ccc(C)c(C2=NN(CC(=O)O)C(=O)CC2)c1. The molecule has 1 aromatic carbocycles. The first-order valence-electron chi connectivity index (χ1n) is 6.14. The van der Waals surface area contributed by atoms with Gasteiger partial charge in [0.25, 0.3) is 0 Å². The van der Waals surface area contributed by atoms with Gasteiger partial charge in [0, 0.05) is 18.4 Å². The molecule has 0 saturated heterocycles. The van der Waals surface area contributed by atoms with Crippen molar-refractivity contribution >= 4 is 17.6 Å². The number of hydrogen-bond donors (Lipinski definition) is 1.